The van der Waals surface area contributed by atoms with Crippen molar-refractivity contribution in [2.24, 2.45) is 0 Å². The van der Waals surface area contributed by atoms with Gasteiger partial charge < -0.3 is 4.74 Å². The average Bonchev–Trinajstić information content (AvgIpc) is 3.04. The molecule has 3 heteroatoms. The molecule has 2 nitrogen and oxygen atoms in total. The van der Waals surface area contributed by atoms with Gasteiger partial charge in [-0.1, -0.05) is 46.3 Å². The van der Waals surface area contributed by atoms with Crippen LogP contribution in [0, 0.1) is 0 Å². The van der Waals surface area contributed by atoms with Gasteiger partial charge in [0.25, 0.3) is 0 Å². The quantitative estimate of drug-likeness (QED) is 0.707. The summed E-state index contributed by atoms with van der Waals surface area (Å²) in [6, 6.07) is 15.3. The SMILES string of the molecule is COc1ccc2c(c1)C(CCN1Cc3ccccc3C1)CC=C2Br. The third-order valence-electron chi connectivity index (χ3n) is 5.24. The van der Waals surface area contributed by atoms with E-state index in [1.165, 1.54) is 33.2 Å². The average molecular weight is 384 g/mol. The van der Waals surface area contributed by atoms with Gasteiger partial charge in [0, 0.05) is 17.6 Å². The molecule has 2 aromatic carbocycles. The standard InChI is InChI=1S/C21H22BrNO/c1-24-18-7-8-19-20(12-18)15(6-9-21(19)22)10-11-23-13-16-4-2-3-5-17(16)14-23/h2-5,7-9,12,15H,6,10-11,13-14H2,1H3. The summed E-state index contributed by atoms with van der Waals surface area (Å²) in [5.74, 6) is 1.52. The molecule has 124 valence electrons. The fourth-order valence-electron chi connectivity index (χ4n) is 3.88. The monoisotopic (exact) mass is 383 g/mol. The number of rotatable bonds is 4. The molecule has 0 bridgehead atoms. The van der Waals surface area contributed by atoms with Crippen molar-refractivity contribution in [1.82, 2.24) is 4.90 Å². The third kappa shape index (κ3) is 3.03. The molecule has 0 amide bonds. The zero-order valence-electron chi connectivity index (χ0n) is 14.0. The van der Waals surface area contributed by atoms with E-state index in [0.29, 0.717) is 5.92 Å². The molecule has 1 unspecified atom stereocenters. The van der Waals surface area contributed by atoms with Gasteiger partial charge in [-0.2, -0.15) is 0 Å². The molecule has 0 radical (unpaired) electrons. The summed E-state index contributed by atoms with van der Waals surface area (Å²) in [6.45, 7) is 3.32. The van der Waals surface area contributed by atoms with Crippen LogP contribution in [0.4, 0.5) is 0 Å². The van der Waals surface area contributed by atoms with Crippen LogP contribution in [0.3, 0.4) is 0 Å². The second-order valence-electron chi connectivity index (χ2n) is 6.71. The first-order valence-corrected chi connectivity index (χ1v) is 9.37. The normalized spacial score (nSPS) is 19.6. The molecule has 4 rings (SSSR count). The van der Waals surface area contributed by atoms with E-state index in [9.17, 15) is 0 Å². The largest absolute Gasteiger partial charge is 0.497 e. The maximum Gasteiger partial charge on any atom is 0.119 e. The third-order valence-corrected chi connectivity index (χ3v) is 5.99. The fourth-order valence-corrected chi connectivity index (χ4v) is 4.43. The van der Waals surface area contributed by atoms with E-state index in [4.69, 9.17) is 4.74 Å². The predicted molar refractivity (Wildman–Crippen MR) is 102 cm³/mol. The number of benzene rings is 2. The van der Waals surface area contributed by atoms with Crippen LogP contribution in [0.15, 0.2) is 48.5 Å². The Labute approximate surface area is 152 Å². The lowest BCUT2D eigenvalue weighted by molar-refractivity contribution is 0.271. The Kier molecular flexibility index (Phi) is 4.47. The minimum Gasteiger partial charge on any atom is -0.497 e. The van der Waals surface area contributed by atoms with E-state index < -0.39 is 0 Å². The van der Waals surface area contributed by atoms with Gasteiger partial charge in [-0.25, -0.2) is 0 Å². The first kappa shape index (κ1) is 15.9. The lowest BCUT2D eigenvalue weighted by atomic mass is 9.84. The Bertz CT molecular complexity index is 758. The molecule has 0 spiro atoms. The van der Waals surface area contributed by atoms with Crippen LogP contribution in [0.2, 0.25) is 0 Å². The van der Waals surface area contributed by atoms with Gasteiger partial charge in [-0.15, -0.1) is 0 Å². The smallest absolute Gasteiger partial charge is 0.119 e. The number of nitrogens with zero attached hydrogens (tertiary/aromatic N) is 1. The molecular weight excluding hydrogens is 362 g/mol. The topological polar surface area (TPSA) is 12.5 Å². The van der Waals surface area contributed by atoms with Gasteiger partial charge in [0.05, 0.1) is 7.11 Å². The zero-order chi connectivity index (χ0) is 16.5. The number of ether oxygens (including phenoxy) is 1. The van der Waals surface area contributed by atoms with Crippen LogP contribution in [0.25, 0.3) is 4.48 Å². The van der Waals surface area contributed by atoms with Crippen molar-refractivity contribution >= 4 is 20.4 Å². The summed E-state index contributed by atoms with van der Waals surface area (Å²) in [5.41, 5.74) is 5.72. The van der Waals surface area contributed by atoms with Gasteiger partial charge >= 0.3 is 0 Å². The van der Waals surface area contributed by atoms with E-state index in [1.807, 2.05) is 6.07 Å². The van der Waals surface area contributed by atoms with Crippen LogP contribution in [-0.4, -0.2) is 18.6 Å². The lowest BCUT2D eigenvalue weighted by Gasteiger charge is -2.26. The first-order chi connectivity index (χ1) is 11.7. The summed E-state index contributed by atoms with van der Waals surface area (Å²) in [6.07, 6.45) is 4.60. The Morgan fingerprint density at radius 1 is 1.12 bits per heavy atom. The number of hydrogen-bond acceptors (Lipinski definition) is 2. The van der Waals surface area contributed by atoms with E-state index >= 15 is 0 Å². The van der Waals surface area contributed by atoms with Crippen molar-refractivity contribution in [1.29, 1.82) is 0 Å². The summed E-state index contributed by atoms with van der Waals surface area (Å²) in [4.78, 5) is 2.57. The molecule has 0 N–H and O–H groups in total. The second kappa shape index (κ2) is 6.73. The molecule has 0 fully saturated rings. The van der Waals surface area contributed by atoms with Gasteiger partial charge in [0.15, 0.2) is 0 Å². The van der Waals surface area contributed by atoms with E-state index in [2.05, 4.69) is 63.3 Å². The minimum atomic E-state index is 0.570. The highest BCUT2D eigenvalue weighted by atomic mass is 79.9. The predicted octanol–water partition coefficient (Wildman–Crippen LogP) is 5.32. The molecule has 2 aromatic rings. The number of fused-ring (bicyclic) bond motifs is 2. The van der Waals surface area contributed by atoms with Crippen LogP contribution < -0.4 is 4.74 Å². The molecule has 0 saturated heterocycles. The minimum absolute atomic E-state index is 0.570. The Morgan fingerprint density at radius 3 is 2.58 bits per heavy atom. The maximum atomic E-state index is 5.44. The van der Waals surface area contributed by atoms with Gasteiger partial charge in [0.1, 0.15) is 5.75 Å². The highest BCUT2D eigenvalue weighted by Gasteiger charge is 2.24. The highest BCUT2D eigenvalue weighted by Crippen LogP contribution is 2.41. The number of allylic oxidation sites excluding steroid dienone is 1. The molecule has 1 atom stereocenters. The van der Waals surface area contributed by atoms with E-state index in [0.717, 1.165) is 31.8 Å². The molecule has 0 aromatic heterocycles. The van der Waals surface area contributed by atoms with Crippen molar-refractivity contribution in [3.63, 3.8) is 0 Å². The molecule has 1 aliphatic heterocycles. The number of methoxy groups -OCH3 is 1. The van der Waals surface area contributed by atoms with Gasteiger partial charge in [0.2, 0.25) is 0 Å². The maximum absolute atomic E-state index is 5.44. The Hall–Kier alpha value is -1.58. The van der Waals surface area contributed by atoms with Crippen LogP contribution in [-0.2, 0) is 13.1 Å². The van der Waals surface area contributed by atoms with Crippen molar-refractivity contribution in [3.05, 3.63) is 70.8 Å². The van der Waals surface area contributed by atoms with E-state index in [1.54, 1.807) is 7.11 Å². The number of halogens is 1. The second-order valence-corrected chi connectivity index (χ2v) is 7.56. The van der Waals surface area contributed by atoms with Crippen LogP contribution >= 0.6 is 15.9 Å². The Balaban J connectivity index is 1.47. The molecule has 1 aliphatic carbocycles. The lowest BCUT2D eigenvalue weighted by Crippen LogP contribution is -2.20. The molecular formula is C21H22BrNO. The number of hydrogen-bond donors (Lipinski definition) is 0. The molecule has 2 aliphatic rings. The van der Waals surface area contributed by atoms with E-state index in [-0.39, 0.29) is 0 Å². The first-order valence-electron chi connectivity index (χ1n) is 8.57. The fraction of sp³-hybridized carbons (Fsp3) is 0.333. The Morgan fingerprint density at radius 2 is 1.88 bits per heavy atom. The summed E-state index contributed by atoms with van der Waals surface area (Å²) in [5, 5.41) is 0. The molecule has 0 saturated carbocycles. The van der Waals surface area contributed by atoms with Crippen molar-refractivity contribution in [2.75, 3.05) is 13.7 Å². The van der Waals surface area contributed by atoms with Crippen LogP contribution in [0.1, 0.15) is 41.0 Å². The highest BCUT2D eigenvalue weighted by molar-refractivity contribution is 9.15. The summed E-state index contributed by atoms with van der Waals surface area (Å²) < 4.78 is 6.65. The zero-order valence-corrected chi connectivity index (χ0v) is 15.6. The summed E-state index contributed by atoms with van der Waals surface area (Å²) >= 11 is 3.71. The van der Waals surface area contributed by atoms with Gasteiger partial charge in [-0.05, 0) is 65.8 Å². The summed E-state index contributed by atoms with van der Waals surface area (Å²) in [7, 11) is 1.74. The van der Waals surface area contributed by atoms with Crippen molar-refractivity contribution in [2.45, 2.75) is 31.8 Å². The van der Waals surface area contributed by atoms with Crippen molar-refractivity contribution < 1.29 is 4.74 Å². The molecule has 1 heterocycles. The van der Waals surface area contributed by atoms with Crippen molar-refractivity contribution in [3.8, 4) is 5.75 Å². The van der Waals surface area contributed by atoms with Gasteiger partial charge in [-0.3, -0.25) is 4.90 Å². The van der Waals surface area contributed by atoms with Crippen LogP contribution in [0.5, 0.6) is 5.75 Å². The molecule has 24 heavy (non-hydrogen) atoms.